The summed E-state index contributed by atoms with van der Waals surface area (Å²) in [6.07, 6.45) is -3.18. The van der Waals surface area contributed by atoms with E-state index in [1.54, 1.807) is 0 Å². The lowest BCUT2D eigenvalue weighted by atomic mass is 10.2. The first-order chi connectivity index (χ1) is 9.36. The maximum atomic E-state index is 12.7. The van der Waals surface area contributed by atoms with Crippen molar-refractivity contribution in [3.63, 3.8) is 0 Å². The van der Waals surface area contributed by atoms with Crippen LogP contribution in [0.4, 0.5) is 23.2 Å². The Kier molecular flexibility index (Phi) is 4.09. The summed E-state index contributed by atoms with van der Waals surface area (Å²) in [5.41, 5.74) is -0.242. The Hall–Kier alpha value is -1.88. The summed E-state index contributed by atoms with van der Waals surface area (Å²) < 4.78 is 50.7. The van der Waals surface area contributed by atoms with Crippen molar-refractivity contribution >= 4 is 23.5 Å². The third-order valence-electron chi connectivity index (χ3n) is 2.49. The summed E-state index contributed by atoms with van der Waals surface area (Å²) in [5.74, 6) is -0.395. The number of aliphatic imine (C=N–C) groups is 1. The predicted octanol–water partition coefficient (Wildman–Crippen LogP) is 5.25. The van der Waals surface area contributed by atoms with E-state index in [9.17, 15) is 17.6 Å². The molecule has 0 unspecified atom stereocenters. The second-order valence-electron chi connectivity index (χ2n) is 3.97. The zero-order valence-electron chi connectivity index (χ0n) is 9.96. The fourth-order valence-electron chi connectivity index (χ4n) is 1.51. The molecule has 20 heavy (non-hydrogen) atoms. The van der Waals surface area contributed by atoms with Crippen molar-refractivity contribution in [3.05, 3.63) is 64.4 Å². The van der Waals surface area contributed by atoms with Gasteiger partial charge in [0.1, 0.15) is 5.82 Å². The van der Waals surface area contributed by atoms with Gasteiger partial charge in [-0.15, -0.1) is 0 Å². The maximum Gasteiger partial charge on any atom is 0.417 e. The van der Waals surface area contributed by atoms with Crippen LogP contribution in [0.1, 0.15) is 11.1 Å². The van der Waals surface area contributed by atoms with Crippen LogP contribution in [0.3, 0.4) is 0 Å². The SMILES string of the molecule is Fc1ccc(/C=N/c2ccc(Cl)c(C(F)(F)F)c2)cc1. The molecule has 0 spiro atoms. The Labute approximate surface area is 117 Å². The molecule has 0 aromatic heterocycles. The minimum atomic E-state index is -4.53. The van der Waals surface area contributed by atoms with Crippen molar-refractivity contribution in [2.45, 2.75) is 6.18 Å². The highest BCUT2D eigenvalue weighted by Gasteiger charge is 2.33. The summed E-state index contributed by atoms with van der Waals surface area (Å²) in [5, 5.41) is -0.377. The Morgan fingerprint density at radius 1 is 1.00 bits per heavy atom. The summed E-state index contributed by atoms with van der Waals surface area (Å²) in [4.78, 5) is 3.92. The van der Waals surface area contributed by atoms with E-state index in [1.807, 2.05) is 0 Å². The van der Waals surface area contributed by atoms with E-state index in [4.69, 9.17) is 11.6 Å². The van der Waals surface area contributed by atoms with Gasteiger partial charge in [0.25, 0.3) is 0 Å². The van der Waals surface area contributed by atoms with Gasteiger partial charge in [0.2, 0.25) is 0 Å². The molecule has 2 aromatic rings. The number of rotatable bonds is 2. The first kappa shape index (κ1) is 14.5. The molecule has 0 fully saturated rings. The fourth-order valence-corrected chi connectivity index (χ4v) is 1.73. The minimum absolute atomic E-state index is 0.117. The van der Waals surface area contributed by atoms with Crippen LogP contribution in [0, 0.1) is 5.82 Å². The van der Waals surface area contributed by atoms with E-state index >= 15 is 0 Å². The lowest BCUT2D eigenvalue weighted by Crippen LogP contribution is -2.05. The van der Waals surface area contributed by atoms with Crippen molar-refractivity contribution in [2.24, 2.45) is 4.99 Å². The standard InChI is InChI=1S/C14H8ClF4N/c15-13-6-5-11(7-12(13)14(17,18)19)20-8-9-1-3-10(16)4-2-9/h1-8H/b20-8+. The highest BCUT2D eigenvalue weighted by atomic mass is 35.5. The van der Waals surface area contributed by atoms with Crippen LogP contribution in [-0.2, 0) is 6.18 Å². The van der Waals surface area contributed by atoms with Crippen LogP contribution in [0.5, 0.6) is 0 Å². The van der Waals surface area contributed by atoms with Crippen LogP contribution in [-0.4, -0.2) is 6.21 Å². The molecule has 0 heterocycles. The van der Waals surface area contributed by atoms with Gasteiger partial charge in [-0.05, 0) is 35.9 Å². The van der Waals surface area contributed by atoms with Crippen LogP contribution >= 0.6 is 11.6 Å². The lowest BCUT2D eigenvalue weighted by Gasteiger charge is -2.09. The van der Waals surface area contributed by atoms with Gasteiger partial charge in [0.15, 0.2) is 0 Å². The number of benzene rings is 2. The average molecular weight is 302 g/mol. The van der Waals surface area contributed by atoms with Crippen molar-refractivity contribution in [3.8, 4) is 0 Å². The smallest absolute Gasteiger partial charge is 0.256 e. The molecule has 0 aliphatic carbocycles. The van der Waals surface area contributed by atoms with Crippen LogP contribution in [0.15, 0.2) is 47.5 Å². The molecule has 6 heteroatoms. The second-order valence-corrected chi connectivity index (χ2v) is 4.38. The molecule has 104 valence electrons. The molecule has 0 saturated heterocycles. The molecule has 2 aromatic carbocycles. The third kappa shape index (κ3) is 3.57. The Morgan fingerprint density at radius 3 is 2.25 bits per heavy atom. The van der Waals surface area contributed by atoms with Crippen molar-refractivity contribution in [1.82, 2.24) is 0 Å². The zero-order chi connectivity index (χ0) is 14.8. The molecule has 0 aliphatic rings. The van der Waals surface area contributed by atoms with Gasteiger partial charge in [0.05, 0.1) is 16.3 Å². The zero-order valence-corrected chi connectivity index (χ0v) is 10.7. The van der Waals surface area contributed by atoms with E-state index in [1.165, 1.54) is 36.5 Å². The highest BCUT2D eigenvalue weighted by Crippen LogP contribution is 2.36. The monoisotopic (exact) mass is 301 g/mol. The molecule has 0 saturated carbocycles. The molecular formula is C14H8ClF4N. The molecule has 0 amide bonds. The summed E-state index contributed by atoms with van der Waals surface area (Å²) >= 11 is 5.50. The topological polar surface area (TPSA) is 12.4 Å². The maximum absolute atomic E-state index is 12.7. The van der Waals surface area contributed by atoms with Crippen LogP contribution < -0.4 is 0 Å². The second kappa shape index (κ2) is 5.63. The van der Waals surface area contributed by atoms with E-state index in [0.717, 1.165) is 12.1 Å². The molecule has 0 N–H and O–H groups in total. The molecule has 0 bridgehead atoms. The van der Waals surface area contributed by atoms with Gasteiger partial charge < -0.3 is 0 Å². The molecular weight excluding hydrogens is 294 g/mol. The van der Waals surface area contributed by atoms with Gasteiger partial charge in [-0.1, -0.05) is 23.7 Å². The molecule has 0 atom stereocenters. The normalized spacial score (nSPS) is 12.1. The molecule has 0 aliphatic heterocycles. The largest absolute Gasteiger partial charge is 0.417 e. The van der Waals surface area contributed by atoms with Gasteiger partial charge in [0, 0.05) is 6.21 Å². The third-order valence-corrected chi connectivity index (χ3v) is 2.82. The summed E-state index contributed by atoms with van der Waals surface area (Å²) in [7, 11) is 0. The number of halogens is 5. The number of nitrogens with zero attached hydrogens (tertiary/aromatic N) is 1. The summed E-state index contributed by atoms with van der Waals surface area (Å²) in [6, 6.07) is 8.80. The van der Waals surface area contributed by atoms with Crippen LogP contribution in [0.2, 0.25) is 5.02 Å². The van der Waals surface area contributed by atoms with Crippen molar-refractivity contribution in [2.75, 3.05) is 0 Å². The number of hydrogen-bond donors (Lipinski definition) is 0. The Bertz CT molecular complexity index is 633. The van der Waals surface area contributed by atoms with Gasteiger partial charge >= 0.3 is 6.18 Å². The number of hydrogen-bond acceptors (Lipinski definition) is 1. The first-order valence-corrected chi connectivity index (χ1v) is 5.90. The Balaban J connectivity index is 2.28. The molecule has 2 rings (SSSR count). The quantitative estimate of drug-likeness (QED) is 0.531. The summed E-state index contributed by atoms with van der Waals surface area (Å²) in [6.45, 7) is 0. The van der Waals surface area contributed by atoms with E-state index in [2.05, 4.69) is 4.99 Å². The van der Waals surface area contributed by atoms with Gasteiger partial charge in [-0.3, -0.25) is 4.99 Å². The van der Waals surface area contributed by atoms with Crippen LogP contribution in [0.25, 0.3) is 0 Å². The average Bonchev–Trinajstić information content (AvgIpc) is 2.38. The minimum Gasteiger partial charge on any atom is -0.256 e. The van der Waals surface area contributed by atoms with E-state index in [0.29, 0.717) is 5.56 Å². The number of alkyl halides is 3. The highest BCUT2D eigenvalue weighted by molar-refractivity contribution is 6.31. The first-order valence-electron chi connectivity index (χ1n) is 5.52. The van der Waals surface area contributed by atoms with Gasteiger partial charge in [-0.2, -0.15) is 13.2 Å². The van der Waals surface area contributed by atoms with Gasteiger partial charge in [-0.25, -0.2) is 4.39 Å². The molecule has 0 radical (unpaired) electrons. The van der Waals surface area contributed by atoms with Crippen molar-refractivity contribution < 1.29 is 17.6 Å². The Morgan fingerprint density at radius 2 is 1.65 bits per heavy atom. The fraction of sp³-hybridized carbons (Fsp3) is 0.0714. The lowest BCUT2D eigenvalue weighted by molar-refractivity contribution is -0.137. The predicted molar refractivity (Wildman–Crippen MR) is 70.1 cm³/mol. The van der Waals surface area contributed by atoms with Crippen molar-refractivity contribution in [1.29, 1.82) is 0 Å². The van der Waals surface area contributed by atoms with E-state index < -0.39 is 17.6 Å². The molecule has 1 nitrogen and oxygen atoms in total. The van der Waals surface area contributed by atoms with E-state index in [-0.39, 0.29) is 10.7 Å².